The quantitative estimate of drug-likeness (QED) is 0.0946. The van der Waals surface area contributed by atoms with Gasteiger partial charge in [0, 0.05) is 18.9 Å². The Hall–Kier alpha value is -4.33. The summed E-state index contributed by atoms with van der Waals surface area (Å²) in [5, 5.41) is 18.9. The van der Waals surface area contributed by atoms with Crippen LogP contribution in [0, 0.1) is 136 Å². The van der Waals surface area contributed by atoms with Gasteiger partial charge in [-0.15, -0.1) is 0 Å². The molecule has 0 aromatic rings. The van der Waals surface area contributed by atoms with Gasteiger partial charge in [-0.05, 0) is 182 Å². The summed E-state index contributed by atoms with van der Waals surface area (Å²) in [4.78, 5) is 96.8. The van der Waals surface area contributed by atoms with Gasteiger partial charge in [-0.3, -0.25) is 38.3 Å². The second-order valence-electron chi connectivity index (χ2n) is 27.5. The molecule has 25 atom stereocenters. The van der Waals surface area contributed by atoms with E-state index in [1.807, 2.05) is 48.5 Å². The van der Waals surface area contributed by atoms with Crippen LogP contribution in [0.5, 0.6) is 0 Å². The summed E-state index contributed by atoms with van der Waals surface area (Å²) in [6.45, 7) is 32.3. The van der Waals surface area contributed by atoms with Gasteiger partial charge in [0.2, 0.25) is 22.0 Å². The molecule has 0 spiro atoms. The molecule has 0 radical (unpaired) electrons. The Morgan fingerprint density at radius 2 is 0.950 bits per heavy atom. The molecule has 9 rings (SSSR count). The van der Waals surface area contributed by atoms with Gasteiger partial charge < -0.3 is 38.6 Å². The van der Waals surface area contributed by atoms with E-state index in [9.17, 15) is 57.0 Å². The number of carboxylic acid groups (broad SMARTS) is 2. The van der Waals surface area contributed by atoms with Gasteiger partial charge >= 0.3 is 41.8 Å². The number of ether oxygens (including phenoxy) is 6. The number of cyclic esters (lactones) is 1. The van der Waals surface area contributed by atoms with Gasteiger partial charge in [0.05, 0.1) is 48.4 Å². The molecule has 19 nitrogen and oxygen atoms in total. The van der Waals surface area contributed by atoms with E-state index in [1.165, 1.54) is 0 Å². The zero-order valence-electron chi connectivity index (χ0n) is 50.4. The topological polar surface area (TPSA) is 279 Å². The van der Waals surface area contributed by atoms with E-state index < -0.39 is 99.0 Å². The molecular weight excluding hydrogens is 1050 g/mol. The maximum atomic E-state index is 12.8. The molecule has 8 bridgehead atoms. The lowest BCUT2D eigenvalue weighted by Gasteiger charge is -2.37. The summed E-state index contributed by atoms with van der Waals surface area (Å²) >= 11 is 0. The largest absolute Gasteiger partial charge is 0.481 e. The Morgan fingerprint density at radius 1 is 0.575 bits per heavy atom. The Bertz CT molecular complexity index is 2430. The summed E-state index contributed by atoms with van der Waals surface area (Å²) < 4.78 is 55.9. The van der Waals surface area contributed by atoms with E-state index in [-0.39, 0.29) is 65.9 Å². The standard InChI is InChI=1S/C19H28O6.C15H24O5.C15H24O4.C11H19NO3S/c1-9-10(2)12-8-11(9)14(15(12)18(22)25-19(3,4)5)17(21)24-13-6-7-23-16(13)20;1-5-19-9(4)20-15(18)13-11-6-10(7(2)8(11)3)12(13)14(16)17;1-7-8(2)10-6-9(7)11(13(16)17)12(10)14(18)19-15(3,4)5;1-6-7(2)9-4-8(6)5-10(9)11(13)12-16(3,14)15/h9-15H,6-8H2,1-5H3;7-13H,5-6H2,1-4H3,(H,16,17);7-12H,6H2,1-5H3,(H,16,17);6-10H,4-5H2,1-3H3,(H,12,13). The van der Waals surface area contributed by atoms with E-state index in [0.29, 0.717) is 72.2 Å². The van der Waals surface area contributed by atoms with Crippen LogP contribution in [0.25, 0.3) is 0 Å². The lowest BCUT2D eigenvalue weighted by atomic mass is 9.69. The number of carboxylic acids is 2. The van der Waals surface area contributed by atoms with Gasteiger partial charge in [0.1, 0.15) is 11.2 Å². The maximum Gasteiger partial charge on any atom is 0.347 e. The predicted molar refractivity (Wildman–Crippen MR) is 291 cm³/mol. The Labute approximate surface area is 474 Å². The van der Waals surface area contributed by atoms with Crippen LogP contribution < -0.4 is 4.72 Å². The van der Waals surface area contributed by atoms with Crippen LogP contribution in [-0.4, -0.2) is 109 Å². The molecule has 80 heavy (non-hydrogen) atoms. The second-order valence-corrected chi connectivity index (χ2v) is 29.3. The predicted octanol–water partition coefficient (Wildman–Crippen LogP) is 8.05. The summed E-state index contributed by atoms with van der Waals surface area (Å²) in [6.07, 6.45) is 4.42. The fourth-order valence-electron chi connectivity index (χ4n) is 16.5. The molecule has 0 aromatic heterocycles. The van der Waals surface area contributed by atoms with Gasteiger partial charge in [0.15, 0.2) is 6.29 Å². The number of carbonyl (C=O) groups excluding carboxylic acids is 6. The molecular formula is C60H95NO18S. The first-order chi connectivity index (χ1) is 36.9. The fraction of sp³-hybridized carbons (Fsp3) is 0.867. The SMILES string of the molecule is CC1C(C)C2CC1C(C(=O)O)C2C(=O)OC(C)(C)C.CC1C(C)C2CC1C(C(=O)OC1CCOC1=O)C2C(=O)OC(C)(C)C.CC1C2CC(C(=O)NS(C)(=O)=O)C(C2)C1C.CCOC(C)OC(=O)C1C2CC(C(C)C2C)C1C(=O)O. The van der Waals surface area contributed by atoms with Crippen molar-refractivity contribution in [2.24, 2.45) is 136 Å². The van der Waals surface area contributed by atoms with Crippen molar-refractivity contribution in [3.05, 3.63) is 0 Å². The minimum atomic E-state index is -3.41. The number of hydrogen-bond donors (Lipinski definition) is 3. The third-order valence-corrected chi connectivity index (χ3v) is 21.5. The highest BCUT2D eigenvalue weighted by Gasteiger charge is 2.64. The van der Waals surface area contributed by atoms with E-state index in [2.05, 4.69) is 60.1 Å². The van der Waals surface area contributed by atoms with Gasteiger partial charge in [-0.2, -0.15) is 0 Å². The molecule has 1 saturated heterocycles. The third-order valence-electron chi connectivity index (χ3n) is 20.9. The van der Waals surface area contributed by atoms with Crippen molar-refractivity contribution < 1.29 is 85.4 Å². The van der Waals surface area contributed by atoms with Crippen molar-refractivity contribution in [2.45, 2.75) is 173 Å². The van der Waals surface area contributed by atoms with Gasteiger partial charge in [-0.1, -0.05) is 55.4 Å². The number of aliphatic carboxylic acids is 2. The number of hydrogen-bond acceptors (Lipinski definition) is 16. The van der Waals surface area contributed by atoms with Crippen LogP contribution in [0.15, 0.2) is 0 Å². The molecule has 9 aliphatic rings. The molecule has 1 aliphatic heterocycles. The average Bonchev–Trinajstić information content (AvgIpc) is 4.25. The van der Waals surface area contributed by atoms with Crippen LogP contribution in [-0.2, 0) is 76.8 Å². The number of amides is 1. The molecule has 454 valence electrons. The van der Waals surface area contributed by atoms with Crippen LogP contribution in [0.2, 0.25) is 0 Å². The molecule has 9 fully saturated rings. The zero-order chi connectivity index (χ0) is 60.2. The fourth-order valence-corrected chi connectivity index (χ4v) is 17.0. The molecule has 20 heteroatoms. The number of nitrogens with one attached hydrogen (secondary N) is 1. The van der Waals surface area contributed by atoms with Crippen molar-refractivity contribution in [3.8, 4) is 0 Å². The average molecular weight is 1150 g/mol. The van der Waals surface area contributed by atoms with E-state index in [4.69, 9.17) is 28.4 Å². The highest BCUT2D eigenvalue weighted by Crippen LogP contribution is 2.61. The van der Waals surface area contributed by atoms with Crippen LogP contribution >= 0.6 is 0 Å². The summed E-state index contributed by atoms with van der Waals surface area (Å²) in [5.74, 6) is -2.16. The normalized spacial score (nSPS) is 40.9. The number of esters is 5. The summed E-state index contributed by atoms with van der Waals surface area (Å²) in [5.41, 5.74) is -1.16. The molecule has 3 N–H and O–H groups in total. The molecule has 0 aromatic carbocycles. The lowest BCUT2D eigenvalue weighted by molar-refractivity contribution is -0.186. The maximum absolute atomic E-state index is 12.8. The molecule has 1 heterocycles. The van der Waals surface area contributed by atoms with Crippen molar-refractivity contribution in [3.63, 3.8) is 0 Å². The van der Waals surface area contributed by atoms with E-state index in [1.54, 1.807) is 6.92 Å². The Balaban J connectivity index is 0.000000174. The number of sulfonamides is 1. The Morgan fingerprint density at radius 3 is 1.29 bits per heavy atom. The first-order valence-electron chi connectivity index (χ1n) is 29.5. The van der Waals surface area contributed by atoms with Gasteiger partial charge in [-0.25, -0.2) is 13.2 Å². The smallest absolute Gasteiger partial charge is 0.347 e. The molecule has 1 amide bonds. The minimum Gasteiger partial charge on any atom is -0.481 e. The van der Waals surface area contributed by atoms with Crippen LogP contribution in [0.4, 0.5) is 0 Å². The van der Waals surface area contributed by atoms with Crippen molar-refractivity contribution >= 4 is 57.7 Å². The van der Waals surface area contributed by atoms with Crippen molar-refractivity contribution in [1.82, 2.24) is 4.72 Å². The number of carbonyl (C=O) groups is 8. The minimum absolute atomic E-state index is 0.0902. The van der Waals surface area contributed by atoms with Crippen LogP contribution in [0.1, 0.15) is 149 Å². The van der Waals surface area contributed by atoms with E-state index >= 15 is 0 Å². The molecule has 25 unspecified atom stereocenters. The number of fused-ring (bicyclic) bond motifs is 8. The first kappa shape index (κ1) is 64.8. The van der Waals surface area contributed by atoms with E-state index in [0.717, 1.165) is 38.4 Å². The summed E-state index contributed by atoms with van der Waals surface area (Å²) in [7, 11) is -3.41. The van der Waals surface area contributed by atoms with Crippen molar-refractivity contribution in [2.75, 3.05) is 19.5 Å². The third kappa shape index (κ3) is 13.8. The lowest BCUT2D eigenvalue weighted by Crippen LogP contribution is -2.44. The first-order valence-corrected chi connectivity index (χ1v) is 31.4. The highest BCUT2D eigenvalue weighted by atomic mass is 32.2. The second kappa shape index (κ2) is 24.9. The molecule has 8 aliphatic carbocycles. The van der Waals surface area contributed by atoms with Crippen molar-refractivity contribution in [1.29, 1.82) is 0 Å². The molecule has 8 saturated carbocycles. The summed E-state index contributed by atoms with van der Waals surface area (Å²) in [6, 6.07) is 0. The Kier molecular flexibility index (Phi) is 20.1. The zero-order valence-corrected chi connectivity index (χ0v) is 51.2. The number of rotatable bonds is 12. The monoisotopic (exact) mass is 1150 g/mol. The van der Waals surface area contributed by atoms with Crippen LogP contribution in [0.3, 0.4) is 0 Å². The highest BCUT2D eigenvalue weighted by molar-refractivity contribution is 7.89. The van der Waals surface area contributed by atoms with Gasteiger partial charge in [0.25, 0.3) is 0 Å².